The molecule has 110 valence electrons. The van der Waals surface area contributed by atoms with Crippen molar-refractivity contribution >= 4 is 27.5 Å². The molecule has 0 aliphatic heterocycles. The molecule has 2 aromatic carbocycles. The molecule has 0 saturated heterocycles. The first-order valence-electron chi connectivity index (χ1n) is 7.11. The third-order valence-electron chi connectivity index (χ3n) is 3.45. The van der Waals surface area contributed by atoms with Crippen LogP contribution >= 0.6 is 15.9 Å². The van der Waals surface area contributed by atoms with Crippen LogP contribution < -0.4 is 5.32 Å². The van der Waals surface area contributed by atoms with Crippen molar-refractivity contribution in [3.05, 3.63) is 63.6 Å². The van der Waals surface area contributed by atoms with E-state index in [1.165, 1.54) is 5.56 Å². The second kappa shape index (κ2) is 6.90. The first-order chi connectivity index (χ1) is 9.97. The number of benzene rings is 2. The van der Waals surface area contributed by atoms with E-state index in [2.05, 4.69) is 41.2 Å². The molecule has 0 fully saturated rings. The largest absolute Gasteiger partial charge is 0.325 e. The number of hydrogen-bond acceptors (Lipinski definition) is 1. The number of carbonyl (C=O) groups excluding carboxylic acids is 1. The van der Waals surface area contributed by atoms with Gasteiger partial charge in [-0.05, 0) is 41.7 Å². The van der Waals surface area contributed by atoms with Crippen LogP contribution in [0, 0.1) is 6.92 Å². The summed E-state index contributed by atoms with van der Waals surface area (Å²) < 4.78 is 0.992. The Morgan fingerprint density at radius 1 is 1.19 bits per heavy atom. The zero-order valence-electron chi connectivity index (χ0n) is 12.6. The maximum absolute atomic E-state index is 12.3. The second-order valence-corrected chi connectivity index (χ2v) is 6.46. The summed E-state index contributed by atoms with van der Waals surface area (Å²) in [6.45, 7) is 6.30. The molecule has 0 saturated carbocycles. The van der Waals surface area contributed by atoms with E-state index in [0.29, 0.717) is 12.3 Å². The average Bonchev–Trinajstić information content (AvgIpc) is 2.40. The maximum Gasteiger partial charge on any atom is 0.228 e. The number of rotatable bonds is 4. The predicted octanol–water partition coefficient (Wildman–Crippen LogP) is 5.06. The summed E-state index contributed by atoms with van der Waals surface area (Å²) in [7, 11) is 0. The highest BCUT2D eigenvalue weighted by Crippen LogP contribution is 2.27. The smallest absolute Gasteiger partial charge is 0.228 e. The van der Waals surface area contributed by atoms with Crippen molar-refractivity contribution in [2.24, 2.45) is 0 Å². The molecular weight excluding hydrogens is 326 g/mol. The Hall–Kier alpha value is -1.61. The molecule has 0 aliphatic rings. The minimum Gasteiger partial charge on any atom is -0.325 e. The summed E-state index contributed by atoms with van der Waals surface area (Å²) in [5, 5.41) is 3.07. The topological polar surface area (TPSA) is 29.1 Å². The lowest BCUT2D eigenvalue weighted by molar-refractivity contribution is -0.115. The fourth-order valence-corrected chi connectivity index (χ4v) is 2.80. The van der Waals surface area contributed by atoms with Crippen molar-refractivity contribution in [3.63, 3.8) is 0 Å². The zero-order valence-corrected chi connectivity index (χ0v) is 14.2. The van der Waals surface area contributed by atoms with E-state index in [4.69, 9.17) is 0 Å². The van der Waals surface area contributed by atoms with E-state index in [-0.39, 0.29) is 5.91 Å². The van der Waals surface area contributed by atoms with Gasteiger partial charge in [-0.25, -0.2) is 0 Å². The molecule has 2 rings (SSSR count). The van der Waals surface area contributed by atoms with Crippen molar-refractivity contribution in [3.8, 4) is 0 Å². The van der Waals surface area contributed by atoms with Crippen LogP contribution in [-0.4, -0.2) is 5.91 Å². The van der Waals surface area contributed by atoms with Gasteiger partial charge in [0.25, 0.3) is 0 Å². The highest BCUT2D eigenvalue weighted by molar-refractivity contribution is 9.10. The summed E-state index contributed by atoms with van der Waals surface area (Å²) in [5.74, 6) is 0.398. The monoisotopic (exact) mass is 345 g/mol. The van der Waals surface area contributed by atoms with Crippen LogP contribution in [0.2, 0.25) is 0 Å². The molecule has 21 heavy (non-hydrogen) atoms. The number of carbonyl (C=O) groups is 1. The molecule has 3 heteroatoms. The van der Waals surface area contributed by atoms with Gasteiger partial charge in [-0.3, -0.25) is 4.79 Å². The maximum atomic E-state index is 12.3. The molecular formula is C18H20BrNO. The van der Waals surface area contributed by atoms with Gasteiger partial charge in [-0.2, -0.15) is 0 Å². The van der Waals surface area contributed by atoms with Crippen molar-refractivity contribution in [2.75, 3.05) is 5.32 Å². The van der Waals surface area contributed by atoms with Gasteiger partial charge >= 0.3 is 0 Å². The lowest BCUT2D eigenvalue weighted by Crippen LogP contribution is -2.16. The van der Waals surface area contributed by atoms with Crippen LogP contribution in [0.25, 0.3) is 0 Å². The lowest BCUT2D eigenvalue weighted by Gasteiger charge is -2.16. The van der Waals surface area contributed by atoms with Gasteiger partial charge in [0.2, 0.25) is 5.91 Å². The number of aryl methyl sites for hydroxylation is 1. The van der Waals surface area contributed by atoms with Crippen LogP contribution in [0.5, 0.6) is 0 Å². The summed E-state index contributed by atoms with van der Waals surface area (Å²) in [6, 6.07) is 14.0. The van der Waals surface area contributed by atoms with E-state index in [1.54, 1.807) is 0 Å². The van der Waals surface area contributed by atoms with Gasteiger partial charge in [-0.1, -0.05) is 60.1 Å². The number of halogens is 1. The van der Waals surface area contributed by atoms with E-state index >= 15 is 0 Å². The number of amides is 1. The van der Waals surface area contributed by atoms with E-state index < -0.39 is 0 Å². The molecule has 1 amide bonds. The summed E-state index contributed by atoms with van der Waals surface area (Å²) in [5.41, 5.74) is 4.23. The molecule has 0 spiro atoms. The Balaban J connectivity index is 2.17. The molecule has 2 aromatic rings. The number of anilines is 1. The van der Waals surface area contributed by atoms with Crippen molar-refractivity contribution < 1.29 is 4.79 Å². The van der Waals surface area contributed by atoms with Crippen molar-refractivity contribution in [1.29, 1.82) is 0 Å². The quantitative estimate of drug-likeness (QED) is 0.824. The first-order valence-corrected chi connectivity index (χ1v) is 7.90. The van der Waals surface area contributed by atoms with E-state index in [0.717, 1.165) is 21.3 Å². The molecule has 2 nitrogen and oxygen atoms in total. The van der Waals surface area contributed by atoms with E-state index in [9.17, 15) is 4.79 Å². The van der Waals surface area contributed by atoms with Crippen LogP contribution in [0.3, 0.4) is 0 Å². The van der Waals surface area contributed by atoms with Crippen molar-refractivity contribution in [2.45, 2.75) is 33.1 Å². The molecule has 0 unspecified atom stereocenters. The molecule has 0 aliphatic carbocycles. The molecule has 0 aromatic heterocycles. The Bertz CT molecular complexity index is 649. The van der Waals surface area contributed by atoms with Crippen LogP contribution in [0.4, 0.5) is 5.69 Å². The molecule has 0 radical (unpaired) electrons. The second-order valence-electron chi connectivity index (χ2n) is 5.55. The van der Waals surface area contributed by atoms with Crippen molar-refractivity contribution in [1.82, 2.24) is 0 Å². The van der Waals surface area contributed by atoms with Gasteiger partial charge in [0, 0.05) is 10.2 Å². The summed E-state index contributed by atoms with van der Waals surface area (Å²) in [6.07, 6.45) is 0.380. The lowest BCUT2D eigenvalue weighted by atomic mass is 9.98. The first kappa shape index (κ1) is 15.8. The summed E-state index contributed by atoms with van der Waals surface area (Å²) in [4.78, 5) is 12.3. The molecule has 0 atom stereocenters. The highest BCUT2D eigenvalue weighted by atomic mass is 79.9. The molecule has 0 bridgehead atoms. The van der Waals surface area contributed by atoms with Crippen LogP contribution in [0.1, 0.15) is 36.5 Å². The number of nitrogens with one attached hydrogen (secondary N) is 1. The fourth-order valence-electron chi connectivity index (χ4n) is 2.36. The third-order valence-corrected chi connectivity index (χ3v) is 3.94. The van der Waals surface area contributed by atoms with Crippen LogP contribution in [-0.2, 0) is 11.2 Å². The minimum atomic E-state index is 0.0179. The Morgan fingerprint density at radius 3 is 2.57 bits per heavy atom. The summed E-state index contributed by atoms with van der Waals surface area (Å²) >= 11 is 3.43. The van der Waals surface area contributed by atoms with Crippen LogP contribution in [0.15, 0.2) is 46.9 Å². The number of para-hydroxylation sites is 1. The van der Waals surface area contributed by atoms with E-state index in [1.807, 2.05) is 43.3 Å². The Kier molecular flexibility index (Phi) is 5.18. The Morgan fingerprint density at radius 2 is 1.90 bits per heavy atom. The zero-order chi connectivity index (χ0) is 15.4. The molecule has 0 heterocycles. The van der Waals surface area contributed by atoms with Gasteiger partial charge in [0.15, 0.2) is 0 Å². The average molecular weight is 346 g/mol. The SMILES string of the molecule is Cc1cccc(C(C)C)c1NC(=O)Cc1cccc(Br)c1. The van der Waals surface area contributed by atoms with Gasteiger partial charge in [0.05, 0.1) is 6.42 Å². The normalized spacial score (nSPS) is 10.7. The highest BCUT2D eigenvalue weighted by Gasteiger charge is 2.12. The standard InChI is InChI=1S/C18H20BrNO/c1-12(2)16-9-4-6-13(3)18(16)20-17(21)11-14-7-5-8-15(19)10-14/h4-10,12H,11H2,1-3H3,(H,20,21). The fraction of sp³-hybridized carbons (Fsp3) is 0.278. The molecule has 1 N–H and O–H groups in total. The van der Waals surface area contributed by atoms with Gasteiger partial charge in [0.1, 0.15) is 0 Å². The number of hydrogen-bond donors (Lipinski definition) is 1. The van der Waals surface area contributed by atoms with Gasteiger partial charge in [-0.15, -0.1) is 0 Å². The minimum absolute atomic E-state index is 0.0179. The Labute approximate surface area is 134 Å². The predicted molar refractivity (Wildman–Crippen MR) is 91.7 cm³/mol. The van der Waals surface area contributed by atoms with Gasteiger partial charge < -0.3 is 5.32 Å². The third kappa shape index (κ3) is 4.18.